The van der Waals surface area contributed by atoms with Crippen LogP contribution in [-0.4, -0.2) is 0 Å². The van der Waals surface area contributed by atoms with E-state index in [0.717, 1.165) is 17.5 Å². The monoisotopic (exact) mass is 235 g/mol. The molecule has 0 saturated heterocycles. The van der Waals surface area contributed by atoms with Crippen LogP contribution >= 0.6 is 0 Å². The van der Waals surface area contributed by atoms with Crippen LogP contribution in [0.25, 0.3) is 11.1 Å². The van der Waals surface area contributed by atoms with Crippen LogP contribution in [0.3, 0.4) is 0 Å². The van der Waals surface area contributed by atoms with E-state index in [9.17, 15) is 5.26 Å². The van der Waals surface area contributed by atoms with Crippen LogP contribution in [0.15, 0.2) is 48.5 Å². The maximum Gasteiger partial charge on any atom is 0.0998 e. The lowest BCUT2D eigenvalue weighted by Gasteiger charge is -2.12. The molecule has 0 bridgehead atoms. The summed E-state index contributed by atoms with van der Waals surface area (Å²) >= 11 is 0. The zero-order valence-corrected chi connectivity index (χ0v) is 10.9. The molecule has 2 aromatic rings. The van der Waals surface area contributed by atoms with E-state index in [-0.39, 0.29) is 0 Å². The molecule has 0 aliphatic heterocycles. The minimum atomic E-state index is 0.611. The van der Waals surface area contributed by atoms with E-state index in [1.54, 1.807) is 0 Å². The number of hydrogen-bond acceptors (Lipinski definition) is 1. The average Bonchev–Trinajstić information content (AvgIpc) is 2.39. The quantitative estimate of drug-likeness (QED) is 0.772. The van der Waals surface area contributed by atoms with Crippen LogP contribution in [0, 0.1) is 17.2 Å². The minimum absolute atomic E-state index is 0.611. The summed E-state index contributed by atoms with van der Waals surface area (Å²) in [5.74, 6) is 0.611. The molecule has 0 heterocycles. The highest BCUT2D eigenvalue weighted by Crippen LogP contribution is 2.28. The Labute approximate surface area is 109 Å². The molecule has 90 valence electrons. The van der Waals surface area contributed by atoms with E-state index in [4.69, 9.17) is 0 Å². The fourth-order valence-electron chi connectivity index (χ4n) is 2.22. The van der Waals surface area contributed by atoms with Crippen molar-refractivity contribution in [3.63, 3.8) is 0 Å². The van der Waals surface area contributed by atoms with E-state index in [2.05, 4.69) is 38.1 Å². The van der Waals surface area contributed by atoms with Gasteiger partial charge in [-0.1, -0.05) is 56.3 Å². The molecule has 18 heavy (non-hydrogen) atoms. The fraction of sp³-hybridized carbons (Fsp3) is 0.235. The number of nitrogens with zero attached hydrogens (tertiary/aromatic N) is 1. The van der Waals surface area contributed by atoms with Gasteiger partial charge in [-0.2, -0.15) is 5.26 Å². The van der Waals surface area contributed by atoms with E-state index in [0.29, 0.717) is 5.92 Å². The number of rotatable bonds is 3. The summed E-state index contributed by atoms with van der Waals surface area (Å²) in [7, 11) is 0. The third kappa shape index (κ3) is 2.60. The second-order valence-electron chi connectivity index (χ2n) is 4.91. The molecule has 0 atom stereocenters. The third-order valence-electron chi connectivity index (χ3n) is 2.98. The van der Waals surface area contributed by atoms with E-state index >= 15 is 0 Å². The lowest BCUT2D eigenvalue weighted by atomic mass is 9.91. The lowest BCUT2D eigenvalue weighted by molar-refractivity contribution is 0.648. The van der Waals surface area contributed by atoms with Crippen LogP contribution < -0.4 is 0 Å². The van der Waals surface area contributed by atoms with Crippen molar-refractivity contribution in [3.8, 4) is 17.2 Å². The van der Waals surface area contributed by atoms with E-state index < -0.39 is 0 Å². The molecule has 0 amide bonds. The van der Waals surface area contributed by atoms with Gasteiger partial charge in [0.05, 0.1) is 11.6 Å². The summed E-state index contributed by atoms with van der Waals surface area (Å²) in [5, 5.41) is 9.20. The van der Waals surface area contributed by atoms with Crippen molar-refractivity contribution in [2.75, 3.05) is 0 Å². The fourth-order valence-corrected chi connectivity index (χ4v) is 2.22. The molecule has 2 aromatic carbocycles. The Balaban J connectivity index is 2.54. The highest BCUT2D eigenvalue weighted by atomic mass is 14.2. The van der Waals surface area contributed by atoms with E-state index in [1.165, 1.54) is 11.1 Å². The maximum atomic E-state index is 9.20. The van der Waals surface area contributed by atoms with Gasteiger partial charge in [0, 0.05) is 0 Å². The van der Waals surface area contributed by atoms with Crippen molar-refractivity contribution >= 4 is 0 Å². The molecule has 0 spiro atoms. The molecular weight excluding hydrogens is 218 g/mol. The van der Waals surface area contributed by atoms with Crippen molar-refractivity contribution in [2.45, 2.75) is 20.3 Å². The number of benzene rings is 2. The number of nitriles is 1. The molecule has 0 aliphatic rings. The minimum Gasteiger partial charge on any atom is -0.192 e. The molecular formula is C17H17N. The summed E-state index contributed by atoms with van der Waals surface area (Å²) in [6.45, 7) is 4.43. The molecule has 2 rings (SSSR count). The molecule has 0 radical (unpaired) electrons. The molecule has 0 unspecified atom stereocenters. The van der Waals surface area contributed by atoms with Crippen molar-refractivity contribution in [1.29, 1.82) is 5.26 Å². The zero-order valence-electron chi connectivity index (χ0n) is 10.9. The highest BCUT2D eigenvalue weighted by Gasteiger charge is 2.09. The van der Waals surface area contributed by atoms with Crippen LogP contribution in [0.5, 0.6) is 0 Å². The van der Waals surface area contributed by atoms with Gasteiger partial charge in [0.25, 0.3) is 0 Å². The summed E-state index contributed by atoms with van der Waals surface area (Å²) in [4.78, 5) is 0. The van der Waals surface area contributed by atoms with Gasteiger partial charge in [0.1, 0.15) is 0 Å². The largest absolute Gasteiger partial charge is 0.192 e. The van der Waals surface area contributed by atoms with Gasteiger partial charge >= 0.3 is 0 Å². The van der Waals surface area contributed by atoms with Gasteiger partial charge in [-0.3, -0.25) is 0 Å². The van der Waals surface area contributed by atoms with Crippen molar-refractivity contribution in [2.24, 2.45) is 5.92 Å². The molecule has 0 saturated carbocycles. The maximum absolute atomic E-state index is 9.20. The second-order valence-corrected chi connectivity index (χ2v) is 4.91. The predicted molar refractivity (Wildman–Crippen MR) is 75.1 cm³/mol. The van der Waals surface area contributed by atoms with Crippen molar-refractivity contribution < 1.29 is 0 Å². The summed E-state index contributed by atoms with van der Waals surface area (Å²) in [6.07, 6.45) is 1.04. The Morgan fingerprint density at radius 1 is 0.944 bits per heavy atom. The second kappa shape index (κ2) is 5.51. The van der Waals surface area contributed by atoms with Crippen molar-refractivity contribution in [1.82, 2.24) is 0 Å². The van der Waals surface area contributed by atoms with Gasteiger partial charge in [-0.05, 0) is 35.1 Å². The van der Waals surface area contributed by atoms with Gasteiger partial charge in [0.2, 0.25) is 0 Å². The summed E-state index contributed by atoms with van der Waals surface area (Å²) in [5.41, 5.74) is 4.28. The molecule has 1 nitrogen and oxygen atoms in total. The van der Waals surface area contributed by atoms with Crippen LogP contribution in [0.2, 0.25) is 0 Å². The molecule has 0 aromatic heterocycles. The Bertz CT molecular complexity index is 576. The molecule has 0 fully saturated rings. The van der Waals surface area contributed by atoms with Crippen LogP contribution in [0.1, 0.15) is 25.0 Å². The summed E-state index contributed by atoms with van der Waals surface area (Å²) < 4.78 is 0. The van der Waals surface area contributed by atoms with Crippen molar-refractivity contribution in [3.05, 3.63) is 59.7 Å². The first kappa shape index (κ1) is 12.4. The van der Waals surface area contributed by atoms with Gasteiger partial charge in [-0.15, -0.1) is 0 Å². The zero-order chi connectivity index (χ0) is 13.0. The lowest BCUT2D eigenvalue weighted by Crippen LogP contribution is -1.97. The first-order valence-corrected chi connectivity index (χ1v) is 6.29. The summed E-state index contributed by atoms with van der Waals surface area (Å²) in [6, 6.07) is 18.4. The third-order valence-corrected chi connectivity index (χ3v) is 2.98. The Hall–Kier alpha value is -2.07. The SMILES string of the molecule is CC(C)Cc1ccccc1-c1ccccc1C#N. The first-order chi connectivity index (χ1) is 8.72. The average molecular weight is 235 g/mol. The van der Waals surface area contributed by atoms with Crippen LogP contribution in [-0.2, 0) is 6.42 Å². The van der Waals surface area contributed by atoms with Gasteiger partial charge < -0.3 is 0 Å². The Morgan fingerprint density at radius 2 is 1.56 bits per heavy atom. The normalized spacial score (nSPS) is 10.3. The Kier molecular flexibility index (Phi) is 3.79. The topological polar surface area (TPSA) is 23.8 Å². The highest BCUT2D eigenvalue weighted by molar-refractivity contribution is 5.73. The predicted octanol–water partition coefficient (Wildman–Crippen LogP) is 4.42. The van der Waals surface area contributed by atoms with Gasteiger partial charge in [-0.25, -0.2) is 0 Å². The molecule has 1 heteroatoms. The molecule has 0 aliphatic carbocycles. The smallest absolute Gasteiger partial charge is 0.0998 e. The Morgan fingerprint density at radius 3 is 2.22 bits per heavy atom. The van der Waals surface area contributed by atoms with E-state index in [1.807, 2.05) is 30.3 Å². The first-order valence-electron chi connectivity index (χ1n) is 6.29. The molecule has 0 N–H and O–H groups in total. The van der Waals surface area contributed by atoms with Gasteiger partial charge in [0.15, 0.2) is 0 Å². The standard InChI is InChI=1S/C17H17N/c1-13(2)11-14-7-3-5-9-16(14)17-10-6-4-8-15(17)12-18/h3-10,13H,11H2,1-2H3. The van der Waals surface area contributed by atoms with Crippen LogP contribution in [0.4, 0.5) is 0 Å². The number of hydrogen-bond donors (Lipinski definition) is 0.